The number of anilines is 1. The largest absolute Gasteiger partial charge is 0.441 e. The molecule has 8 heteroatoms. The normalized spacial score (nSPS) is 11.1. The Kier molecular flexibility index (Phi) is 4.52. The maximum Gasteiger partial charge on any atom is 0.419 e. The van der Waals surface area contributed by atoms with Gasteiger partial charge in [0.05, 0.1) is 28.2 Å². The molecule has 7 nitrogen and oxygen atoms in total. The first-order valence-electron chi connectivity index (χ1n) is 8.53. The zero-order chi connectivity index (χ0) is 19.8. The Hall–Kier alpha value is -3.32. The van der Waals surface area contributed by atoms with Gasteiger partial charge in [0.2, 0.25) is 11.8 Å². The molecular weight excluding hydrogens is 382 g/mol. The molecule has 2 aromatic carbocycles. The van der Waals surface area contributed by atoms with E-state index in [-0.39, 0.29) is 12.3 Å². The van der Waals surface area contributed by atoms with Gasteiger partial charge in [0.1, 0.15) is 5.76 Å². The van der Waals surface area contributed by atoms with Crippen LogP contribution in [0.25, 0.3) is 22.6 Å². The molecular formula is C20H16ClN3O4. The van der Waals surface area contributed by atoms with Gasteiger partial charge in [-0.25, -0.2) is 9.78 Å². The Morgan fingerprint density at radius 2 is 2.00 bits per heavy atom. The molecule has 4 rings (SSSR count). The van der Waals surface area contributed by atoms with Gasteiger partial charge in [-0.2, -0.15) is 0 Å². The van der Waals surface area contributed by atoms with Crippen LogP contribution in [-0.4, -0.2) is 15.5 Å². The molecule has 0 aliphatic rings. The maximum atomic E-state index is 12.5. The van der Waals surface area contributed by atoms with Gasteiger partial charge in [-0.3, -0.25) is 9.36 Å². The van der Waals surface area contributed by atoms with Crippen LogP contribution < -0.4 is 11.1 Å². The van der Waals surface area contributed by atoms with Crippen LogP contribution in [0.2, 0.25) is 5.02 Å². The van der Waals surface area contributed by atoms with Gasteiger partial charge < -0.3 is 14.2 Å². The topological polar surface area (TPSA) is 90.3 Å². The zero-order valence-corrected chi connectivity index (χ0v) is 15.9. The summed E-state index contributed by atoms with van der Waals surface area (Å²) in [5, 5.41) is 3.33. The second kappa shape index (κ2) is 7.01. The van der Waals surface area contributed by atoms with E-state index in [4.69, 9.17) is 20.4 Å². The highest BCUT2D eigenvalue weighted by atomic mass is 35.5. The van der Waals surface area contributed by atoms with E-state index in [0.29, 0.717) is 44.7 Å². The average molecular weight is 398 g/mol. The number of fused-ring (bicyclic) bond motifs is 1. The molecule has 1 N–H and O–H groups in total. The standard InChI is InChI=1S/C20H16ClN3O4/c1-11-15(23-19(27-11)13-5-3-4-6-14(13)21)10-18(25)22-12-7-8-17-16(9-12)24(2)20(26)28-17/h3-9H,10H2,1-2H3,(H,22,25). The fraction of sp³-hybridized carbons (Fsp3) is 0.150. The van der Waals surface area contributed by atoms with E-state index in [2.05, 4.69) is 10.3 Å². The maximum absolute atomic E-state index is 12.5. The number of nitrogens with one attached hydrogen (secondary N) is 1. The van der Waals surface area contributed by atoms with Crippen LogP contribution in [0.4, 0.5) is 5.69 Å². The van der Waals surface area contributed by atoms with Crippen molar-refractivity contribution in [3.63, 3.8) is 0 Å². The number of benzene rings is 2. The Morgan fingerprint density at radius 3 is 2.79 bits per heavy atom. The smallest absolute Gasteiger partial charge is 0.419 e. The van der Waals surface area contributed by atoms with E-state index < -0.39 is 5.76 Å². The fourth-order valence-corrected chi connectivity index (χ4v) is 3.12. The van der Waals surface area contributed by atoms with Crippen LogP contribution in [0.5, 0.6) is 0 Å². The number of aryl methyl sites for hydroxylation is 2. The molecule has 4 aromatic rings. The molecule has 0 saturated carbocycles. The summed E-state index contributed by atoms with van der Waals surface area (Å²) in [6.07, 6.45) is 0.0438. The van der Waals surface area contributed by atoms with Crippen molar-refractivity contribution in [2.45, 2.75) is 13.3 Å². The predicted octanol–water partition coefficient (Wildman–Crippen LogP) is 3.93. The Bertz CT molecular complexity index is 1250. The monoisotopic (exact) mass is 397 g/mol. The molecule has 0 saturated heterocycles. The Morgan fingerprint density at radius 1 is 1.21 bits per heavy atom. The predicted molar refractivity (Wildman–Crippen MR) is 105 cm³/mol. The zero-order valence-electron chi connectivity index (χ0n) is 15.2. The first-order valence-corrected chi connectivity index (χ1v) is 8.91. The summed E-state index contributed by atoms with van der Waals surface area (Å²) in [5.74, 6) is 0.220. The summed E-state index contributed by atoms with van der Waals surface area (Å²) in [6.45, 7) is 1.75. The van der Waals surface area contributed by atoms with Crippen LogP contribution >= 0.6 is 11.6 Å². The molecule has 0 radical (unpaired) electrons. The molecule has 0 atom stereocenters. The second-order valence-electron chi connectivity index (χ2n) is 6.34. The number of carbonyl (C=O) groups is 1. The van der Waals surface area contributed by atoms with Crippen molar-refractivity contribution in [3.8, 4) is 11.5 Å². The number of aromatic nitrogens is 2. The lowest BCUT2D eigenvalue weighted by atomic mass is 10.2. The van der Waals surface area contributed by atoms with Crippen LogP contribution in [0, 0.1) is 6.92 Å². The minimum Gasteiger partial charge on any atom is -0.441 e. The van der Waals surface area contributed by atoms with Crippen LogP contribution in [0.1, 0.15) is 11.5 Å². The number of nitrogens with zero attached hydrogens (tertiary/aromatic N) is 2. The SMILES string of the molecule is Cc1oc(-c2ccccc2Cl)nc1CC(=O)Nc1ccc2oc(=O)n(C)c2c1. The van der Waals surface area contributed by atoms with E-state index in [9.17, 15) is 9.59 Å². The summed E-state index contributed by atoms with van der Waals surface area (Å²) in [7, 11) is 1.61. The van der Waals surface area contributed by atoms with Crippen molar-refractivity contribution >= 4 is 34.3 Å². The first kappa shape index (κ1) is 18.1. The molecule has 0 unspecified atom stereocenters. The van der Waals surface area contributed by atoms with Crippen LogP contribution in [0.15, 0.2) is 56.1 Å². The highest BCUT2D eigenvalue weighted by Gasteiger charge is 2.17. The van der Waals surface area contributed by atoms with Gasteiger partial charge in [0.15, 0.2) is 5.58 Å². The third-order valence-corrected chi connectivity index (χ3v) is 4.73. The lowest BCUT2D eigenvalue weighted by Crippen LogP contribution is -2.15. The molecule has 0 spiro atoms. The van der Waals surface area contributed by atoms with Gasteiger partial charge in [-0.05, 0) is 37.3 Å². The third-order valence-electron chi connectivity index (χ3n) is 4.40. The summed E-state index contributed by atoms with van der Waals surface area (Å²) in [5.41, 5.74) is 2.82. The van der Waals surface area contributed by atoms with Gasteiger partial charge in [0.25, 0.3) is 0 Å². The molecule has 2 heterocycles. The first-order chi connectivity index (χ1) is 13.4. The van der Waals surface area contributed by atoms with E-state index in [1.54, 1.807) is 38.2 Å². The van der Waals surface area contributed by atoms with Crippen LogP contribution in [-0.2, 0) is 18.3 Å². The molecule has 142 valence electrons. The van der Waals surface area contributed by atoms with E-state index in [1.807, 2.05) is 18.2 Å². The van der Waals surface area contributed by atoms with E-state index in [1.165, 1.54) is 4.57 Å². The van der Waals surface area contributed by atoms with Crippen molar-refractivity contribution in [2.24, 2.45) is 7.05 Å². The third kappa shape index (κ3) is 3.32. The number of halogens is 1. The van der Waals surface area contributed by atoms with Crippen LogP contribution in [0.3, 0.4) is 0 Å². The number of carbonyl (C=O) groups excluding carboxylic acids is 1. The molecule has 0 aliphatic carbocycles. The molecule has 0 aliphatic heterocycles. The minimum atomic E-state index is -0.455. The lowest BCUT2D eigenvalue weighted by Gasteiger charge is -2.04. The number of hydrogen-bond acceptors (Lipinski definition) is 5. The Balaban J connectivity index is 1.54. The molecule has 1 amide bonds. The molecule has 0 bridgehead atoms. The van der Waals surface area contributed by atoms with Crippen molar-refractivity contribution in [1.82, 2.24) is 9.55 Å². The number of hydrogen-bond donors (Lipinski definition) is 1. The minimum absolute atomic E-state index is 0.0438. The van der Waals surface area contributed by atoms with Crippen molar-refractivity contribution in [2.75, 3.05) is 5.32 Å². The molecule has 2 aromatic heterocycles. The average Bonchev–Trinajstić information content (AvgIpc) is 3.15. The summed E-state index contributed by atoms with van der Waals surface area (Å²) >= 11 is 6.18. The van der Waals surface area contributed by atoms with Gasteiger partial charge in [0, 0.05) is 12.7 Å². The van der Waals surface area contributed by atoms with Crippen molar-refractivity contribution in [1.29, 1.82) is 0 Å². The number of amides is 1. The lowest BCUT2D eigenvalue weighted by molar-refractivity contribution is -0.115. The molecule has 28 heavy (non-hydrogen) atoms. The van der Waals surface area contributed by atoms with Gasteiger partial charge >= 0.3 is 5.76 Å². The van der Waals surface area contributed by atoms with Crippen molar-refractivity contribution in [3.05, 3.63) is 69.5 Å². The van der Waals surface area contributed by atoms with Gasteiger partial charge in [-0.15, -0.1) is 0 Å². The summed E-state index contributed by atoms with van der Waals surface area (Å²) in [6, 6.07) is 12.2. The second-order valence-corrected chi connectivity index (χ2v) is 6.74. The summed E-state index contributed by atoms with van der Waals surface area (Å²) < 4.78 is 12.1. The quantitative estimate of drug-likeness (QED) is 0.563. The van der Waals surface area contributed by atoms with E-state index >= 15 is 0 Å². The Labute approximate surface area is 164 Å². The highest BCUT2D eigenvalue weighted by Crippen LogP contribution is 2.28. The number of oxazole rings is 2. The highest BCUT2D eigenvalue weighted by molar-refractivity contribution is 6.33. The van der Waals surface area contributed by atoms with Gasteiger partial charge in [-0.1, -0.05) is 23.7 Å². The van der Waals surface area contributed by atoms with Crippen molar-refractivity contribution < 1.29 is 13.6 Å². The number of rotatable bonds is 4. The van der Waals surface area contributed by atoms with E-state index in [0.717, 1.165) is 0 Å². The summed E-state index contributed by atoms with van der Waals surface area (Å²) in [4.78, 5) is 28.5. The molecule has 0 fully saturated rings. The fourth-order valence-electron chi connectivity index (χ4n) is 2.90.